The van der Waals surface area contributed by atoms with Gasteiger partial charge in [0.2, 0.25) is 4.96 Å². The molecule has 0 N–H and O–H groups in total. The number of hydrogen-bond acceptors (Lipinski definition) is 4. The zero-order valence-electron chi connectivity index (χ0n) is 13.3. The maximum atomic E-state index is 4.80. The van der Waals surface area contributed by atoms with Crippen molar-refractivity contribution in [1.82, 2.24) is 19.8 Å². The summed E-state index contributed by atoms with van der Waals surface area (Å²) in [7, 11) is 0. The zero-order valence-corrected chi connectivity index (χ0v) is 14.1. The molecule has 0 unspecified atom stereocenters. The summed E-state index contributed by atoms with van der Waals surface area (Å²) in [4.78, 5) is 0.828. The van der Waals surface area contributed by atoms with Crippen molar-refractivity contribution in [1.29, 1.82) is 0 Å². The molecule has 0 radical (unpaired) electrons. The Kier molecular flexibility index (Phi) is 3.31. The van der Waals surface area contributed by atoms with Crippen LogP contribution in [0.3, 0.4) is 0 Å². The van der Waals surface area contributed by atoms with Crippen LogP contribution in [0.4, 0.5) is 0 Å². The number of fused-ring (bicyclic) bond motifs is 2. The monoisotopic (exact) mass is 342 g/mol. The number of nitrogens with zero attached hydrogens (tertiary/aromatic N) is 4. The van der Waals surface area contributed by atoms with E-state index < -0.39 is 0 Å². The van der Waals surface area contributed by atoms with Gasteiger partial charge in [-0.2, -0.15) is 9.61 Å². The second-order valence-corrected chi connectivity index (χ2v) is 6.86. The van der Waals surface area contributed by atoms with Gasteiger partial charge in [0.25, 0.3) is 0 Å². The van der Waals surface area contributed by atoms with E-state index in [0.717, 1.165) is 27.8 Å². The van der Waals surface area contributed by atoms with E-state index >= 15 is 0 Å². The average molecular weight is 342 g/mol. The molecule has 0 spiro atoms. The van der Waals surface area contributed by atoms with E-state index in [9.17, 15) is 0 Å². The predicted octanol–water partition coefficient (Wildman–Crippen LogP) is 4.60. The molecule has 0 aliphatic heterocycles. The van der Waals surface area contributed by atoms with E-state index in [1.54, 1.807) is 11.3 Å². The summed E-state index contributed by atoms with van der Waals surface area (Å²) in [5, 5.41) is 16.8. The van der Waals surface area contributed by atoms with E-state index in [0.29, 0.717) is 0 Å². The molecule has 25 heavy (non-hydrogen) atoms. The van der Waals surface area contributed by atoms with Gasteiger partial charge >= 0.3 is 0 Å². The van der Waals surface area contributed by atoms with E-state index in [4.69, 9.17) is 5.10 Å². The van der Waals surface area contributed by atoms with Gasteiger partial charge < -0.3 is 0 Å². The van der Waals surface area contributed by atoms with Crippen molar-refractivity contribution in [3.63, 3.8) is 0 Å². The molecular formula is C20H14N4S. The minimum atomic E-state index is 0.723. The normalized spacial score (nSPS) is 11.4. The Morgan fingerprint density at radius 3 is 2.52 bits per heavy atom. The second kappa shape index (κ2) is 5.79. The molecule has 5 rings (SSSR count). The van der Waals surface area contributed by atoms with Crippen LogP contribution in [0.2, 0.25) is 0 Å². The van der Waals surface area contributed by atoms with Crippen molar-refractivity contribution < 1.29 is 0 Å². The third kappa shape index (κ3) is 2.49. The van der Waals surface area contributed by atoms with Crippen LogP contribution < -0.4 is 0 Å². The van der Waals surface area contributed by atoms with E-state index in [1.165, 1.54) is 16.3 Å². The molecule has 0 saturated heterocycles. The van der Waals surface area contributed by atoms with Crippen LogP contribution in [0, 0.1) is 0 Å². The molecule has 0 fully saturated rings. The maximum Gasteiger partial charge on any atom is 0.234 e. The SMILES string of the molecule is c1ccc(Cc2nnc3sc(-c4cccc5ccccc45)nn23)cc1. The van der Waals surface area contributed by atoms with Crippen LogP contribution in [0.1, 0.15) is 11.4 Å². The number of rotatable bonds is 3. The Morgan fingerprint density at radius 2 is 1.60 bits per heavy atom. The first-order chi connectivity index (χ1) is 12.4. The number of hydrogen-bond donors (Lipinski definition) is 0. The molecule has 0 aliphatic rings. The van der Waals surface area contributed by atoms with Crippen molar-refractivity contribution in [2.24, 2.45) is 0 Å². The lowest BCUT2D eigenvalue weighted by atomic mass is 10.1. The molecule has 0 saturated carbocycles. The smallest absolute Gasteiger partial charge is 0.187 e. The molecule has 2 heterocycles. The predicted molar refractivity (Wildman–Crippen MR) is 101 cm³/mol. The molecule has 5 aromatic rings. The summed E-state index contributed by atoms with van der Waals surface area (Å²) >= 11 is 1.57. The first-order valence-electron chi connectivity index (χ1n) is 8.12. The minimum absolute atomic E-state index is 0.723. The second-order valence-electron chi connectivity index (χ2n) is 5.91. The fourth-order valence-corrected chi connectivity index (χ4v) is 3.96. The molecule has 5 heteroatoms. The van der Waals surface area contributed by atoms with Gasteiger partial charge in [-0.1, -0.05) is 84.1 Å². The quantitative estimate of drug-likeness (QED) is 0.481. The summed E-state index contributed by atoms with van der Waals surface area (Å²) in [6.45, 7) is 0. The van der Waals surface area contributed by atoms with Crippen LogP contribution in [0.25, 0.3) is 26.3 Å². The highest BCUT2D eigenvalue weighted by atomic mass is 32.1. The van der Waals surface area contributed by atoms with Gasteiger partial charge in [0.15, 0.2) is 5.82 Å². The standard InChI is InChI=1S/C20H14N4S/c1-2-7-14(8-3-1)13-18-21-22-20-24(18)23-19(25-20)17-12-6-10-15-9-4-5-11-16(15)17/h1-12H,13H2. The molecule has 0 atom stereocenters. The number of aromatic nitrogens is 4. The highest BCUT2D eigenvalue weighted by Gasteiger charge is 2.14. The molecule has 2 aromatic heterocycles. The van der Waals surface area contributed by atoms with E-state index in [2.05, 4.69) is 64.8 Å². The fraction of sp³-hybridized carbons (Fsp3) is 0.0500. The van der Waals surface area contributed by atoms with Gasteiger partial charge in [-0.15, -0.1) is 10.2 Å². The Labute approximate surface area is 148 Å². The summed E-state index contributed by atoms with van der Waals surface area (Å²) in [5.74, 6) is 0.865. The largest absolute Gasteiger partial charge is 0.234 e. The highest BCUT2D eigenvalue weighted by molar-refractivity contribution is 7.19. The molecule has 0 bridgehead atoms. The molecule has 0 amide bonds. The summed E-state index contributed by atoms with van der Waals surface area (Å²) in [6, 6.07) is 25.0. The van der Waals surface area contributed by atoms with Crippen LogP contribution in [-0.4, -0.2) is 19.8 Å². The topological polar surface area (TPSA) is 43.1 Å². The Hall–Kier alpha value is -3.05. The zero-order chi connectivity index (χ0) is 16.6. The van der Waals surface area contributed by atoms with Crippen molar-refractivity contribution in [3.8, 4) is 10.6 Å². The minimum Gasteiger partial charge on any atom is -0.187 e. The lowest BCUT2D eigenvalue weighted by Gasteiger charge is -2.02. The van der Waals surface area contributed by atoms with Gasteiger partial charge in [0.05, 0.1) is 0 Å². The first kappa shape index (κ1) is 14.3. The highest BCUT2D eigenvalue weighted by Crippen LogP contribution is 2.31. The lowest BCUT2D eigenvalue weighted by Crippen LogP contribution is -1.97. The molecule has 3 aromatic carbocycles. The first-order valence-corrected chi connectivity index (χ1v) is 8.93. The summed E-state index contributed by atoms with van der Waals surface area (Å²) in [5.41, 5.74) is 2.34. The van der Waals surface area contributed by atoms with Crippen molar-refractivity contribution in [2.45, 2.75) is 6.42 Å². The van der Waals surface area contributed by atoms with Crippen LogP contribution >= 0.6 is 11.3 Å². The molecule has 0 aliphatic carbocycles. The van der Waals surface area contributed by atoms with Gasteiger partial charge in [-0.25, -0.2) is 0 Å². The maximum absolute atomic E-state index is 4.80. The van der Waals surface area contributed by atoms with E-state index in [1.807, 2.05) is 22.7 Å². The summed E-state index contributed by atoms with van der Waals surface area (Å²) < 4.78 is 1.87. The van der Waals surface area contributed by atoms with Crippen molar-refractivity contribution in [2.75, 3.05) is 0 Å². The molecule has 4 nitrogen and oxygen atoms in total. The van der Waals surface area contributed by atoms with Crippen LogP contribution in [-0.2, 0) is 6.42 Å². The van der Waals surface area contributed by atoms with Crippen molar-refractivity contribution >= 4 is 27.1 Å². The van der Waals surface area contributed by atoms with Crippen molar-refractivity contribution in [3.05, 3.63) is 84.2 Å². The van der Waals surface area contributed by atoms with Gasteiger partial charge in [0.1, 0.15) is 5.01 Å². The van der Waals surface area contributed by atoms with Crippen LogP contribution in [0.5, 0.6) is 0 Å². The molecule has 120 valence electrons. The van der Waals surface area contributed by atoms with Gasteiger partial charge in [-0.05, 0) is 16.3 Å². The van der Waals surface area contributed by atoms with Gasteiger partial charge in [0, 0.05) is 12.0 Å². The lowest BCUT2D eigenvalue weighted by molar-refractivity contribution is 0.854. The van der Waals surface area contributed by atoms with Gasteiger partial charge in [-0.3, -0.25) is 0 Å². The Morgan fingerprint density at radius 1 is 0.800 bits per heavy atom. The fourth-order valence-electron chi connectivity index (χ4n) is 3.07. The summed E-state index contributed by atoms with van der Waals surface area (Å²) in [6.07, 6.45) is 0.723. The molecular weight excluding hydrogens is 328 g/mol. The van der Waals surface area contributed by atoms with Crippen LogP contribution in [0.15, 0.2) is 72.8 Å². The third-order valence-corrected chi connectivity index (χ3v) is 5.21. The third-order valence-electron chi connectivity index (χ3n) is 4.28. The average Bonchev–Trinajstić information content (AvgIpc) is 3.24. The van der Waals surface area contributed by atoms with E-state index in [-0.39, 0.29) is 0 Å². The Bertz CT molecular complexity index is 1170. The number of benzene rings is 3. The Balaban J connectivity index is 1.61.